The predicted molar refractivity (Wildman–Crippen MR) is 133 cm³/mol. The number of carbonyl (C=O) groups is 4. The Balaban J connectivity index is 2.21. The second-order valence-corrected chi connectivity index (χ2v) is 8.82. The fourth-order valence-electron chi connectivity index (χ4n) is 3.29. The summed E-state index contributed by atoms with van der Waals surface area (Å²) in [6.45, 7) is 3.49. The minimum atomic E-state index is -1.24. The van der Waals surface area contributed by atoms with Crippen molar-refractivity contribution in [2.75, 3.05) is 5.75 Å². The van der Waals surface area contributed by atoms with Gasteiger partial charge in [-0.05, 0) is 11.5 Å². The minimum Gasteiger partial charge on any atom is -0.480 e. The number of H-pyrrole nitrogens is 1. The molecule has 1 heterocycles. The van der Waals surface area contributed by atoms with E-state index in [9.17, 15) is 24.3 Å². The van der Waals surface area contributed by atoms with E-state index in [1.807, 2.05) is 6.07 Å². The van der Waals surface area contributed by atoms with Crippen LogP contribution in [0.3, 0.4) is 0 Å². The van der Waals surface area contributed by atoms with Gasteiger partial charge in [-0.2, -0.15) is 12.6 Å². The van der Waals surface area contributed by atoms with E-state index in [2.05, 4.69) is 38.5 Å². The highest BCUT2D eigenvalue weighted by molar-refractivity contribution is 7.80. The van der Waals surface area contributed by atoms with Crippen LogP contribution in [0, 0.1) is 5.92 Å². The van der Waals surface area contributed by atoms with E-state index in [4.69, 9.17) is 5.73 Å². The van der Waals surface area contributed by atoms with Gasteiger partial charge in [0.05, 0.1) is 12.4 Å². The van der Waals surface area contributed by atoms with Gasteiger partial charge in [0.2, 0.25) is 17.7 Å². The molecule has 0 saturated carbocycles. The van der Waals surface area contributed by atoms with Crippen molar-refractivity contribution in [2.45, 2.75) is 50.9 Å². The van der Waals surface area contributed by atoms with Gasteiger partial charge in [-0.1, -0.05) is 44.2 Å². The number of nitrogens with two attached hydrogens (primary N) is 1. The summed E-state index contributed by atoms with van der Waals surface area (Å²) < 4.78 is 0. The molecule has 2 rings (SSSR count). The van der Waals surface area contributed by atoms with Gasteiger partial charge in [-0.3, -0.25) is 14.4 Å². The maximum absolute atomic E-state index is 13.2. The van der Waals surface area contributed by atoms with Gasteiger partial charge in [0.15, 0.2) is 0 Å². The van der Waals surface area contributed by atoms with Crippen LogP contribution in [0.4, 0.5) is 0 Å². The molecule has 0 radical (unpaired) electrons. The summed E-state index contributed by atoms with van der Waals surface area (Å²) in [6.07, 6.45) is 2.98. The largest absolute Gasteiger partial charge is 0.480 e. The first-order valence-electron chi connectivity index (χ1n) is 11.1. The van der Waals surface area contributed by atoms with Crippen LogP contribution in [0.15, 0.2) is 42.9 Å². The Hall–Kier alpha value is -3.38. The van der Waals surface area contributed by atoms with E-state index < -0.39 is 47.9 Å². The van der Waals surface area contributed by atoms with Crippen LogP contribution in [-0.2, 0) is 32.0 Å². The Morgan fingerprint density at radius 1 is 1.00 bits per heavy atom. The lowest BCUT2D eigenvalue weighted by atomic mass is 10.00. The number of nitrogens with zero attached hydrogens (tertiary/aromatic N) is 1. The normalized spacial score (nSPS) is 14.4. The Morgan fingerprint density at radius 2 is 1.66 bits per heavy atom. The quantitative estimate of drug-likeness (QED) is 0.182. The lowest BCUT2D eigenvalue weighted by Gasteiger charge is -2.27. The number of nitrogens with one attached hydrogen (secondary N) is 4. The van der Waals surface area contributed by atoms with Gasteiger partial charge in [0, 0.05) is 30.5 Å². The number of aromatic nitrogens is 2. The molecule has 3 amide bonds. The maximum atomic E-state index is 13.2. The molecule has 4 unspecified atom stereocenters. The van der Waals surface area contributed by atoms with Crippen LogP contribution in [0.25, 0.3) is 0 Å². The van der Waals surface area contributed by atoms with Crippen molar-refractivity contribution in [1.82, 2.24) is 25.9 Å². The highest BCUT2D eigenvalue weighted by Gasteiger charge is 2.31. The summed E-state index contributed by atoms with van der Waals surface area (Å²) in [6, 6.07) is 4.79. The van der Waals surface area contributed by atoms with Crippen LogP contribution in [0.2, 0.25) is 0 Å². The van der Waals surface area contributed by atoms with E-state index in [-0.39, 0.29) is 24.5 Å². The number of carboxylic acid groups (broad SMARTS) is 1. The molecular formula is C23H32N6O5S. The topological polar surface area (TPSA) is 179 Å². The van der Waals surface area contributed by atoms with Crippen LogP contribution in [-0.4, -0.2) is 68.7 Å². The number of thiol groups is 1. The molecule has 0 aliphatic carbocycles. The molecule has 0 fully saturated rings. The number of benzene rings is 1. The zero-order chi connectivity index (χ0) is 26.0. The molecule has 11 nitrogen and oxygen atoms in total. The fourth-order valence-corrected chi connectivity index (χ4v) is 3.45. The first-order valence-corrected chi connectivity index (χ1v) is 11.8. The first-order chi connectivity index (χ1) is 16.6. The average molecular weight is 505 g/mol. The summed E-state index contributed by atoms with van der Waals surface area (Å²) in [5.74, 6) is -3.23. The molecule has 7 N–H and O–H groups in total. The van der Waals surface area contributed by atoms with Gasteiger partial charge < -0.3 is 31.8 Å². The smallest absolute Gasteiger partial charge is 0.326 e. The molecular weight excluding hydrogens is 472 g/mol. The van der Waals surface area contributed by atoms with E-state index in [1.54, 1.807) is 38.1 Å². The molecule has 1 aromatic heterocycles. The number of amides is 3. The number of aromatic amines is 1. The lowest BCUT2D eigenvalue weighted by molar-refractivity contribution is -0.142. The molecule has 0 aliphatic rings. The molecule has 35 heavy (non-hydrogen) atoms. The van der Waals surface area contributed by atoms with Gasteiger partial charge in [-0.25, -0.2) is 9.78 Å². The molecule has 0 spiro atoms. The van der Waals surface area contributed by atoms with Crippen LogP contribution in [0.5, 0.6) is 0 Å². The number of hydrogen-bond donors (Lipinski definition) is 7. The molecule has 2 aromatic rings. The zero-order valence-electron chi connectivity index (χ0n) is 19.6. The molecule has 0 bridgehead atoms. The summed E-state index contributed by atoms with van der Waals surface area (Å²) in [4.78, 5) is 57.0. The number of carboxylic acids is 1. The van der Waals surface area contributed by atoms with E-state index in [0.717, 1.165) is 5.56 Å². The van der Waals surface area contributed by atoms with E-state index in [0.29, 0.717) is 5.69 Å². The van der Waals surface area contributed by atoms with Crippen LogP contribution >= 0.6 is 12.6 Å². The number of carbonyl (C=O) groups excluding carboxylic acids is 3. The van der Waals surface area contributed by atoms with Crippen molar-refractivity contribution in [1.29, 1.82) is 0 Å². The average Bonchev–Trinajstić information content (AvgIpc) is 3.34. The molecule has 0 aliphatic heterocycles. The van der Waals surface area contributed by atoms with Gasteiger partial charge in [0.25, 0.3) is 0 Å². The zero-order valence-corrected chi connectivity index (χ0v) is 20.5. The Labute approximate surface area is 209 Å². The highest BCUT2D eigenvalue weighted by atomic mass is 32.1. The highest BCUT2D eigenvalue weighted by Crippen LogP contribution is 2.08. The first kappa shape index (κ1) is 27.9. The van der Waals surface area contributed by atoms with E-state index in [1.165, 1.54) is 12.5 Å². The van der Waals surface area contributed by atoms with Crippen molar-refractivity contribution in [3.8, 4) is 0 Å². The van der Waals surface area contributed by atoms with Crippen LogP contribution in [0.1, 0.15) is 25.1 Å². The van der Waals surface area contributed by atoms with Gasteiger partial charge >= 0.3 is 5.97 Å². The standard InChI is InChI=1S/C23H32N6O5S/c1-13(2)19(29-20(30)16(24)11-35)22(32)27-17(8-14-6-4-3-5-7-14)21(31)28-18(23(33)34)9-15-10-25-12-26-15/h3-7,10,12-13,16-19,35H,8-9,11,24H2,1-2H3,(H,25,26)(H,27,32)(H,28,31)(H,29,30)(H,33,34). The van der Waals surface area contributed by atoms with Crippen molar-refractivity contribution in [3.63, 3.8) is 0 Å². The van der Waals surface area contributed by atoms with Crippen molar-refractivity contribution < 1.29 is 24.3 Å². The maximum Gasteiger partial charge on any atom is 0.326 e. The van der Waals surface area contributed by atoms with Crippen molar-refractivity contribution >= 4 is 36.3 Å². The number of rotatable bonds is 13. The van der Waals surface area contributed by atoms with Gasteiger partial charge in [0.1, 0.15) is 18.1 Å². The molecule has 1 aromatic carbocycles. The summed E-state index contributed by atoms with van der Waals surface area (Å²) >= 11 is 4.00. The third kappa shape index (κ3) is 8.72. The number of aliphatic carboxylic acids is 1. The molecule has 0 saturated heterocycles. The third-order valence-corrected chi connectivity index (χ3v) is 5.68. The van der Waals surface area contributed by atoms with E-state index >= 15 is 0 Å². The summed E-state index contributed by atoms with van der Waals surface area (Å²) in [5, 5.41) is 17.4. The summed E-state index contributed by atoms with van der Waals surface area (Å²) in [7, 11) is 0. The Bertz CT molecular complexity index is 986. The number of hydrogen-bond acceptors (Lipinski definition) is 7. The summed E-state index contributed by atoms with van der Waals surface area (Å²) in [5.41, 5.74) is 7.00. The monoisotopic (exact) mass is 504 g/mol. The molecule has 12 heteroatoms. The predicted octanol–water partition coefficient (Wildman–Crippen LogP) is -0.353. The Kier molecular flexibility index (Phi) is 10.7. The van der Waals surface area contributed by atoms with Crippen molar-refractivity contribution in [2.24, 2.45) is 11.7 Å². The molecule has 4 atom stereocenters. The van der Waals surface area contributed by atoms with Gasteiger partial charge in [-0.15, -0.1) is 0 Å². The van der Waals surface area contributed by atoms with Crippen LogP contribution < -0.4 is 21.7 Å². The molecule has 190 valence electrons. The Morgan fingerprint density at radius 3 is 2.20 bits per heavy atom. The second-order valence-electron chi connectivity index (χ2n) is 8.45. The number of imidazole rings is 1. The minimum absolute atomic E-state index is 0.0145. The second kappa shape index (κ2) is 13.5. The fraction of sp³-hybridized carbons (Fsp3) is 0.435. The third-order valence-electron chi connectivity index (χ3n) is 5.29. The SMILES string of the molecule is CC(C)C(NC(=O)C(N)CS)C(=O)NC(Cc1ccccc1)C(=O)NC(Cc1cnc[nH]1)C(=O)O. The lowest BCUT2D eigenvalue weighted by Crippen LogP contribution is -2.59. The van der Waals surface area contributed by atoms with Crippen molar-refractivity contribution in [3.05, 3.63) is 54.1 Å².